The van der Waals surface area contributed by atoms with Crippen molar-refractivity contribution in [3.63, 3.8) is 0 Å². The van der Waals surface area contributed by atoms with Gasteiger partial charge in [0.15, 0.2) is 0 Å². The molecule has 0 radical (unpaired) electrons. The normalized spacial score (nSPS) is 21.5. The standard InChI is InChI=1S/C12H18N2O/c1-10(12-4-2-3-7-13-12)14-8-5-11(15)6-9-14/h2-4,7,10-11,15H,5-6,8-9H2,1H3. The van der Waals surface area contributed by atoms with Crippen LogP contribution in [0.5, 0.6) is 0 Å². The van der Waals surface area contributed by atoms with Crippen molar-refractivity contribution in [2.75, 3.05) is 13.1 Å². The van der Waals surface area contributed by atoms with Crippen LogP contribution in [0.4, 0.5) is 0 Å². The number of hydrogen-bond acceptors (Lipinski definition) is 3. The highest BCUT2D eigenvalue weighted by molar-refractivity contribution is 5.08. The highest BCUT2D eigenvalue weighted by Gasteiger charge is 2.22. The first-order valence-electron chi connectivity index (χ1n) is 5.60. The molecule has 1 aromatic rings. The molecule has 0 spiro atoms. The van der Waals surface area contributed by atoms with Crippen LogP contribution in [0.15, 0.2) is 24.4 Å². The molecule has 1 fully saturated rings. The van der Waals surface area contributed by atoms with Crippen LogP contribution in [0.25, 0.3) is 0 Å². The van der Waals surface area contributed by atoms with Gasteiger partial charge in [-0.3, -0.25) is 9.88 Å². The van der Waals surface area contributed by atoms with E-state index in [9.17, 15) is 5.11 Å². The van der Waals surface area contributed by atoms with E-state index in [2.05, 4.69) is 22.9 Å². The molecule has 2 heterocycles. The van der Waals surface area contributed by atoms with Gasteiger partial charge in [0.1, 0.15) is 0 Å². The Kier molecular flexibility index (Phi) is 3.34. The van der Waals surface area contributed by atoms with Crippen molar-refractivity contribution >= 4 is 0 Å². The predicted octanol–water partition coefficient (Wildman–Crippen LogP) is 1.60. The minimum atomic E-state index is -0.0998. The number of pyridine rings is 1. The molecule has 2 rings (SSSR count). The average molecular weight is 206 g/mol. The lowest BCUT2D eigenvalue weighted by molar-refractivity contribution is 0.0636. The van der Waals surface area contributed by atoms with Gasteiger partial charge in [-0.05, 0) is 31.9 Å². The predicted molar refractivity (Wildman–Crippen MR) is 59.5 cm³/mol. The van der Waals surface area contributed by atoms with Gasteiger partial charge in [-0.2, -0.15) is 0 Å². The molecular weight excluding hydrogens is 188 g/mol. The molecule has 15 heavy (non-hydrogen) atoms. The first kappa shape index (κ1) is 10.6. The summed E-state index contributed by atoms with van der Waals surface area (Å²) in [5.74, 6) is 0. The van der Waals surface area contributed by atoms with Crippen LogP contribution in [0, 0.1) is 0 Å². The monoisotopic (exact) mass is 206 g/mol. The third kappa shape index (κ3) is 2.55. The first-order valence-corrected chi connectivity index (χ1v) is 5.60. The minimum Gasteiger partial charge on any atom is -0.393 e. The van der Waals surface area contributed by atoms with E-state index in [1.807, 2.05) is 18.3 Å². The summed E-state index contributed by atoms with van der Waals surface area (Å²) in [6.45, 7) is 4.12. The van der Waals surface area contributed by atoms with Crippen LogP contribution in [-0.4, -0.2) is 34.2 Å². The summed E-state index contributed by atoms with van der Waals surface area (Å²) in [4.78, 5) is 6.75. The van der Waals surface area contributed by atoms with Gasteiger partial charge in [0, 0.05) is 25.3 Å². The van der Waals surface area contributed by atoms with Gasteiger partial charge < -0.3 is 5.11 Å². The SMILES string of the molecule is CC(c1ccccn1)N1CCC(O)CC1. The molecule has 0 bridgehead atoms. The summed E-state index contributed by atoms with van der Waals surface area (Å²) >= 11 is 0. The molecule has 0 aliphatic carbocycles. The van der Waals surface area contributed by atoms with E-state index in [4.69, 9.17) is 0 Å². The smallest absolute Gasteiger partial charge is 0.0572 e. The van der Waals surface area contributed by atoms with E-state index < -0.39 is 0 Å². The molecule has 1 unspecified atom stereocenters. The molecule has 0 amide bonds. The lowest BCUT2D eigenvalue weighted by atomic mass is 10.0. The Morgan fingerprint density at radius 1 is 1.40 bits per heavy atom. The molecule has 1 N–H and O–H groups in total. The van der Waals surface area contributed by atoms with E-state index >= 15 is 0 Å². The summed E-state index contributed by atoms with van der Waals surface area (Å²) in [5.41, 5.74) is 1.12. The Morgan fingerprint density at radius 2 is 2.13 bits per heavy atom. The van der Waals surface area contributed by atoms with Gasteiger partial charge in [-0.25, -0.2) is 0 Å². The number of hydrogen-bond donors (Lipinski definition) is 1. The zero-order valence-electron chi connectivity index (χ0n) is 9.13. The fourth-order valence-corrected chi connectivity index (χ4v) is 2.08. The molecule has 3 heteroatoms. The summed E-state index contributed by atoms with van der Waals surface area (Å²) < 4.78 is 0. The summed E-state index contributed by atoms with van der Waals surface area (Å²) in [6, 6.07) is 6.39. The van der Waals surface area contributed by atoms with Crippen LogP contribution in [0.1, 0.15) is 31.5 Å². The van der Waals surface area contributed by atoms with Crippen LogP contribution in [0.3, 0.4) is 0 Å². The van der Waals surface area contributed by atoms with E-state index in [1.54, 1.807) is 0 Å². The topological polar surface area (TPSA) is 36.4 Å². The molecule has 0 aromatic carbocycles. The second-order valence-corrected chi connectivity index (χ2v) is 4.20. The fourth-order valence-electron chi connectivity index (χ4n) is 2.08. The quantitative estimate of drug-likeness (QED) is 0.798. The molecular formula is C12H18N2O. The van der Waals surface area contributed by atoms with Gasteiger partial charge in [-0.15, -0.1) is 0 Å². The Bertz CT molecular complexity index is 294. The summed E-state index contributed by atoms with van der Waals surface area (Å²) in [7, 11) is 0. The molecule has 82 valence electrons. The summed E-state index contributed by atoms with van der Waals surface area (Å²) in [6.07, 6.45) is 3.51. The molecule has 0 saturated carbocycles. The van der Waals surface area contributed by atoms with Crippen molar-refractivity contribution in [1.82, 2.24) is 9.88 Å². The molecule has 1 atom stereocenters. The minimum absolute atomic E-state index is 0.0998. The van der Waals surface area contributed by atoms with Crippen molar-refractivity contribution < 1.29 is 5.11 Å². The lowest BCUT2D eigenvalue weighted by Crippen LogP contribution is -2.37. The van der Waals surface area contributed by atoms with Gasteiger partial charge >= 0.3 is 0 Å². The number of aromatic nitrogens is 1. The maximum atomic E-state index is 9.44. The largest absolute Gasteiger partial charge is 0.393 e. The Balaban J connectivity index is 1.99. The number of aliphatic hydroxyl groups is 1. The molecule has 1 aromatic heterocycles. The fraction of sp³-hybridized carbons (Fsp3) is 0.583. The van der Waals surface area contributed by atoms with Crippen LogP contribution < -0.4 is 0 Å². The Hall–Kier alpha value is -0.930. The molecule has 1 aliphatic heterocycles. The van der Waals surface area contributed by atoms with Gasteiger partial charge in [0.05, 0.1) is 11.8 Å². The van der Waals surface area contributed by atoms with Gasteiger partial charge in [-0.1, -0.05) is 6.07 Å². The van der Waals surface area contributed by atoms with Crippen molar-refractivity contribution in [2.45, 2.75) is 31.9 Å². The Labute approximate surface area is 90.8 Å². The van der Waals surface area contributed by atoms with Crippen molar-refractivity contribution in [1.29, 1.82) is 0 Å². The Morgan fingerprint density at radius 3 is 2.73 bits per heavy atom. The second kappa shape index (κ2) is 4.73. The second-order valence-electron chi connectivity index (χ2n) is 4.20. The average Bonchev–Trinajstić information content (AvgIpc) is 2.30. The highest BCUT2D eigenvalue weighted by Crippen LogP contribution is 2.22. The van der Waals surface area contributed by atoms with Gasteiger partial charge in [0.25, 0.3) is 0 Å². The zero-order valence-corrected chi connectivity index (χ0v) is 9.13. The number of aliphatic hydroxyl groups excluding tert-OH is 1. The third-order valence-electron chi connectivity index (χ3n) is 3.16. The number of nitrogens with zero attached hydrogens (tertiary/aromatic N) is 2. The van der Waals surface area contributed by atoms with Crippen LogP contribution in [0.2, 0.25) is 0 Å². The van der Waals surface area contributed by atoms with Gasteiger partial charge in [0.2, 0.25) is 0 Å². The summed E-state index contributed by atoms with van der Waals surface area (Å²) in [5, 5.41) is 9.44. The first-order chi connectivity index (χ1) is 7.27. The lowest BCUT2D eigenvalue weighted by Gasteiger charge is -2.33. The van der Waals surface area contributed by atoms with E-state index in [1.165, 1.54) is 0 Å². The maximum Gasteiger partial charge on any atom is 0.0572 e. The van der Waals surface area contributed by atoms with Crippen molar-refractivity contribution in [2.24, 2.45) is 0 Å². The number of piperidine rings is 1. The molecule has 1 aliphatic rings. The van der Waals surface area contributed by atoms with E-state index in [0.29, 0.717) is 6.04 Å². The van der Waals surface area contributed by atoms with Crippen molar-refractivity contribution in [3.8, 4) is 0 Å². The zero-order chi connectivity index (χ0) is 10.7. The molecule has 1 saturated heterocycles. The van der Waals surface area contributed by atoms with Crippen LogP contribution >= 0.6 is 0 Å². The van der Waals surface area contributed by atoms with E-state index in [-0.39, 0.29) is 6.10 Å². The maximum absolute atomic E-state index is 9.44. The number of likely N-dealkylation sites (tertiary alicyclic amines) is 1. The van der Waals surface area contributed by atoms with E-state index in [0.717, 1.165) is 31.6 Å². The third-order valence-corrected chi connectivity index (χ3v) is 3.16. The highest BCUT2D eigenvalue weighted by atomic mass is 16.3. The molecule has 3 nitrogen and oxygen atoms in total. The van der Waals surface area contributed by atoms with Crippen molar-refractivity contribution in [3.05, 3.63) is 30.1 Å². The van der Waals surface area contributed by atoms with Crippen LogP contribution in [-0.2, 0) is 0 Å². The number of rotatable bonds is 2.